The second kappa shape index (κ2) is 16.3. The van der Waals surface area contributed by atoms with E-state index >= 15 is 0 Å². The van der Waals surface area contributed by atoms with Gasteiger partial charge in [-0.1, -0.05) is 73.5 Å². The van der Waals surface area contributed by atoms with Crippen LogP contribution in [-0.2, 0) is 32.6 Å². The summed E-state index contributed by atoms with van der Waals surface area (Å²) < 4.78 is 40.5. The highest BCUT2D eigenvalue weighted by Gasteiger charge is 2.35. The molecule has 252 valence electrons. The Balaban J connectivity index is 1.56. The van der Waals surface area contributed by atoms with Crippen molar-refractivity contribution in [3.63, 3.8) is 0 Å². The Morgan fingerprint density at radius 1 is 0.833 bits per heavy atom. The molecule has 0 unspecified atom stereocenters. The average Bonchev–Trinajstić information content (AvgIpc) is 3.63. The Labute approximate surface area is 283 Å². The van der Waals surface area contributed by atoms with E-state index in [4.69, 9.17) is 9.47 Å². The molecule has 4 aromatic rings. The molecule has 1 saturated carbocycles. The van der Waals surface area contributed by atoms with Crippen LogP contribution in [0.4, 0.5) is 5.69 Å². The van der Waals surface area contributed by atoms with Crippen molar-refractivity contribution in [2.75, 3.05) is 24.6 Å². The third-order valence-corrected chi connectivity index (χ3v) is 10.3. The topological polar surface area (TPSA) is 105 Å². The van der Waals surface area contributed by atoms with E-state index in [0.717, 1.165) is 41.1 Å². The van der Waals surface area contributed by atoms with Crippen molar-refractivity contribution < 1.29 is 27.5 Å². The van der Waals surface area contributed by atoms with Gasteiger partial charge in [0.25, 0.3) is 10.0 Å². The number of benzene rings is 4. The zero-order valence-electron chi connectivity index (χ0n) is 27.5. The number of nitrogens with zero attached hydrogens (tertiary/aromatic N) is 2. The van der Waals surface area contributed by atoms with Gasteiger partial charge in [-0.05, 0) is 79.4 Å². The number of carbonyl (C=O) groups excluding carboxylic acids is 2. The van der Waals surface area contributed by atoms with Crippen molar-refractivity contribution in [1.82, 2.24) is 10.2 Å². The van der Waals surface area contributed by atoms with Crippen LogP contribution in [0.5, 0.6) is 11.5 Å². The molecule has 0 aliphatic heterocycles. The second-order valence-electron chi connectivity index (χ2n) is 11.8. The van der Waals surface area contributed by atoms with Gasteiger partial charge >= 0.3 is 0 Å². The van der Waals surface area contributed by atoms with Crippen molar-refractivity contribution >= 4 is 27.5 Å². The maximum absolute atomic E-state index is 14.7. The fourth-order valence-corrected chi connectivity index (χ4v) is 7.45. The average molecular weight is 670 g/mol. The number of ether oxygens (including phenoxy) is 2. The summed E-state index contributed by atoms with van der Waals surface area (Å²) in [5.41, 5.74) is 1.92. The van der Waals surface area contributed by atoms with Gasteiger partial charge < -0.3 is 19.7 Å². The number of amides is 2. The zero-order chi connectivity index (χ0) is 33.9. The lowest BCUT2D eigenvalue weighted by Crippen LogP contribution is -2.54. The lowest BCUT2D eigenvalue weighted by Gasteiger charge is -2.34. The Morgan fingerprint density at radius 3 is 2.12 bits per heavy atom. The number of sulfonamides is 1. The number of nitrogens with one attached hydrogen (secondary N) is 1. The summed E-state index contributed by atoms with van der Waals surface area (Å²) in [4.78, 5) is 30.4. The van der Waals surface area contributed by atoms with Crippen LogP contribution in [0.1, 0.15) is 43.7 Å². The molecule has 4 aromatic carbocycles. The van der Waals surface area contributed by atoms with E-state index in [1.165, 1.54) is 17.0 Å². The molecule has 1 aliphatic rings. The van der Waals surface area contributed by atoms with Gasteiger partial charge in [-0.15, -0.1) is 0 Å². The highest BCUT2D eigenvalue weighted by molar-refractivity contribution is 7.92. The number of anilines is 1. The van der Waals surface area contributed by atoms with Gasteiger partial charge in [0, 0.05) is 19.0 Å². The zero-order valence-corrected chi connectivity index (χ0v) is 28.3. The van der Waals surface area contributed by atoms with Crippen molar-refractivity contribution in [2.24, 2.45) is 0 Å². The monoisotopic (exact) mass is 669 g/mol. The number of hydrogen-bond acceptors (Lipinski definition) is 6. The maximum Gasteiger partial charge on any atom is 0.264 e. The van der Waals surface area contributed by atoms with Crippen LogP contribution in [0.3, 0.4) is 0 Å². The molecule has 0 spiro atoms. The summed E-state index contributed by atoms with van der Waals surface area (Å²) in [5, 5.41) is 3.20. The third kappa shape index (κ3) is 8.74. The maximum atomic E-state index is 14.7. The molecule has 1 atom stereocenters. The van der Waals surface area contributed by atoms with E-state index in [0.29, 0.717) is 23.8 Å². The van der Waals surface area contributed by atoms with E-state index in [-0.39, 0.29) is 29.8 Å². The summed E-state index contributed by atoms with van der Waals surface area (Å²) >= 11 is 0. The standard InChI is InChI=1S/C38H43N3O6S/c1-3-47-33-23-21-32(22-24-33)41(48(44,45)35-19-8-5-9-20-35)28-37(42)40(27-30-15-12-18-34(25-30)46-2)36(26-29-13-6-4-7-14-29)38(43)39-31-16-10-11-17-31/h4-9,12-15,18-25,31,36H,3,10-11,16-17,26-28H2,1-2H3,(H,39,43)/t36-/m1/s1. The molecule has 5 rings (SSSR count). The van der Waals surface area contributed by atoms with Crippen LogP contribution < -0.4 is 19.1 Å². The smallest absolute Gasteiger partial charge is 0.264 e. The molecule has 0 aromatic heterocycles. The van der Waals surface area contributed by atoms with Crippen molar-refractivity contribution in [3.8, 4) is 11.5 Å². The molecule has 0 bridgehead atoms. The van der Waals surface area contributed by atoms with E-state index in [1.807, 2.05) is 61.5 Å². The molecule has 10 heteroatoms. The highest BCUT2D eigenvalue weighted by Crippen LogP contribution is 2.28. The first-order chi connectivity index (χ1) is 23.3. The first kappa shape index (κ1) is 34.5. The largest absolute Gasteiger partial charge is 0.497 e. The molecular formula is C38H43N3O6S. The summed E-state index contributed by atoms with van der Waals surface area (Å²) in [6, 6.07) is 30.6. The molecule has 1 N–H and O–H groups in total. The Hall–Kier alpha value is -4.83. The van der Waals surface area contributed by atoms with Gasteiger partial charge in [0.15, 0.2) is 0 Å². The van der Waals surface area contributed by atoms with Crippen molar-refractivity contribution in [3.05, 3.63) is 120 Å². The van der Waals surface area contributed by atoms with Crippen LogP contribution in [0.25, 0.3) is 0 Å². The van der Waals surface area contributed by atoms with Crippen LogP contribution in [0.2, 0.25) is 0 Å². The molecule has 0 saturated heterocycles. The molecule has 2 amide bonds. The summed E-state index contributed by atoms with van der Waals surface area (Å²) in [5.74, 6) is 0.405. The lowest BCUT2D eigenvalue weighted by molar-refractivity contribution is -0.140. The third-order valence-electron chi connectivity index (χ3n) is 8.51. The summed E-state index contributed by atoms with van der Waals surface area (Å²) in [6.07, 6.45) is 4.09. The first-order valence-electron chi connectivity index (χ1n) is 16.4. The second-order valence-corrected chi connectivity index (χ2v) is 13.7. The minimum Gasteiger partial charge on any atom is -0.497 e. The highest BCUT2D eigenvalue weighted by atomic mass is 32.2. The Kier molecular flexibility index (Phi) is 11.7. The molecule has 9 nitrogen and oxygen atoms in total. The number of methoxy groups -OCH3 is 1. The summed E-state index contributed by atoms with van der Waals surface area (Å²) in [7, 11) is -2.62. The SMILES string of the molecule is CCOc1ccc(N(CC(=O)N(Cc2cccc(OC)c2)[C@H](Cc2ccccc2)C(=O)NC2CCCC2)S(=O)(=O)c2ccccc2)cc1. The van der Waals surface area contributed by atoms with Gasteiger partial charge in [-0.2, -0.15) is 0 Å². The van der Waals surface area contributed by atoms with E-state index < -0.39 is 28.5 Å². The Bertz CT molecular complexity index is 1740. The molecule has 0 heterocycles. The fourth-order valence-electron chi connectivity index (χ4n) is 6.01. The van der Waals surface area contributed by atoms with E-state index in [1.54, 1.807) is 49.6 Å². The van der Waals surface area contributed by atoms with Crippen LogP contribution >= 0.6 is 0 Å². The van der Waals surface area contributed by atoms with Crippen LogP contribution in [0, 0.1) is 0 Å². The van der Waals surface area contributed by atoms with Crippen molar-refractivity contribution in [1.29, 1.82) is 0 Å². The van der Waals surface area contributed by atoms with Crippen LogP contribution in [0.15, 0.2) is 114 Å². The lowest BCUT2D eigenvalue weighted by atomic mass is 10.0. The first-order valence-corrected chi connectivity index (χ1v) is 17.8. The molecule has 48 heavy (non-hydrogen) atoms. The van der Waals surface area contributed by atoms with Crippen molar-refractivity contribution in [2.45, 2.75) is 62.6 Å². The predicted octanol–water partition coefficient (Wildman–Crippen LogP) is 5.99. The Morgan fingerprint density at radius 2 is 1.48 bits per heavy atom. The van der Waals surface area contributed by atoms with E-state index in [2.05, 4.69) is 5.32 Å². The van der Waals surface area contributed by atoms with Gasteiger partial charge in [-0.3, -0.25) is 13.9 Å². The minimum atomic E-state index is -4.19. The number of carbonyl (C=O) groups is 2. The molecular weight excluding hydrogens is 627 g/mol. The van der Waals surface area contributed by atoms with Gasteiger partial charge in [-0.25, -0.2) is 8.42 Å². The van der Waals surface area contributed by atoms with Gasteiger partial charge in [0.2, 0.25) is 11.8 Å². The fraction of sp³-hybridized carbons (Fsp3) is 0.316. The molecule has 1 fully saturated rings. The normalized spacial score (nSPS) is 13.8. The van der Waals surface area contributed by atoms with E-state index in [9.17, 15) is 18.0 Å². The quantitative estimate of drug-likeness (QED) is 0.167. The number of rotatable bonds is 15. The predicted molar refractivity (Wildman–Crippen MR) is 186 cm³/mol. The van der Waals surface area contributed by atoms with Gasteiger partial charge in [0.1, 0.15) is 24.1 Å². The summed E-state index contributed by atoms with van der Waals surface area (Å²) in [6.45, 7) is 1.85. The molecule has 1 aliphatic carbocycles. The minimum absolute atomic E-state index is 0.0309. The van der Waals surface area contributed by atoms with Gasteiger partial charge in [0.05, 0.1) is 24.3 Å². The molecule has 0 radical (unpaired) electrons. The number of hydrogen-bond donors (Lipinski definition) is 1. The van der Waals surface area contributed by atoms with Crippen LogP contribution in [-0.4, -0.2) is 57.5 Å².